The molecule has 10 heteroatoms. The molecular formula is C20H26ClF3N5O+. The second kappa shape index (κ2) is 9.36. The number of piperidine rings is 1. The number of likely N-dealkylation sites (tertiary alicyclic amines) is 1. The molecule has 0 bridgehead atoms. The van der Waals surface area contributed by atoms with E-state index in [9.17, 15) is 18.0 Å². The Morgan fingerprint density at radius 1 is 1.40 bits per heavy atom. The highest BCUT2D eigenvalue weighted by Gasteiger charge is 2.34. The fourth-order valence-electron chi connectivity index (χ4n) is 3.70. The number of halogens is 4. The Hall–Kier alpha value is -2.10. The molecule has 1 amide bonds. The van der Waals surface area contributed by atoms with Gasteiger partial charge in [0.2, 0.25) is 0 Å². The summed E-state index contributed by atoms with van der Waals surface area (Å²) in [5.74, 6) is 0.0122. The number of aromatic nitrogens is 2. The number of benzene rings is 1. The van der Waals surface area contributed by atoms with Gasteiger partial charge in [-0.3, -0.25) is 9.89 Å². The Balaban J connectivity index is 1.79. The van der Waals surface area contributed by atoms with Crippen molar-refractivity contribution in [2.75, 3.05) is 26.2 Å². The molecule has 3 rings (SSSR count). The number of nitrogens with one attached hydrogen (secondary N) is 1. The molecule has 2 aromatic rings. The van der Waals surface area contributed by atoms with Crippen molar-refractivity contribution >= 4 is 23.2 Å². The minimum absolute atomic E-state index is 0.165. The predicted molar refractivity (Wildman–Crippen MR) is 107 cm³/mol. The van der Waals surface area contributed by atoms with Gasteiger partial charge in [-0.15, -0.1) is 0 Å². The summed E-state index contributed by atoms with van der Waals surface area (Å²) >= 11 is 6.28. The average Bonchev–Trinajstić information content (AvgIpc) is 3.18. The van der Waals surface area contributed by atoms with Crippen molar-refractivity contribution in [1.82, 2.24) is 20.0 Å². The first-order chi connectivity index (χ1) is 14.1. The van der Waals surface area contributed by atoms with E-state index in [1.807, 2.05) is 5.10 Å². The van der Waals surface area contributed by atoms with Gasteiger partial charge in [-0.2, -0.15) is 18.3 Å². The van der Waals surface area contributed by atoms with Gasteiger partial charge in [0.15, 0.2) is 5.69 Å². The molecule has 1 fully saturated rings. The van der Waals surface area contributed by atoms with E-state index in [0.29, 0.717) is 29.6 Å². The Kier molecular flexibility index (Phi) is 7.05. The van der Waals surface area contributed by atoms with Gasteiger partial charge in [-0.05, 0) is 36.9 Å². The number of alkyl halides is 3. The normalized spacial score (nSPS) is 17.9. The van der Waals surface area contributed by atoms with E-state index in [-0.39, 0.29) is 12.2 Å². The van der Waals surface area contributed by atoms with Crippen molar-refractivity contribution in [1.29, 1.82) is 0 Å². The monoisotopic (exact) mass is 444 g/mol. The van der Waals surface area contributed by atoms with Crippen LogP contribution < -0.4 is 5.73 Å². The largest absolute Gasteiger partial charge is 0.432 e. The third kappa shape index (κ3) is 5.74. The third-order valence-electron chi connectivity index (χ3n) is 5.29. The van der Waals surface area contributed by atoms with Crippen LogP contribution in [0.4, 0.5) is 18.9 Å². The topological polar surface area (TPSA) is 79.9 Å². The van der Waals surface area contributed by atoms with Gasteiger partial charge >= 0.3 is 6.18 Å². The van der Waals surface area contributed by atoms with Gasteiger partial charge in [0.25, 0.3) is 5.91 Å². The molecule has 1 atom stereocenters. The maximum atomic E-state index is 13.0. The van der Waals surface area contributed by atoms with Crippen LogP contribution in [-0.4, -0.2) is 52.1 Å². The molecule has 164 valence electrons. The molecular weight excluding hydrogens is 419 g/mol. The lowest BCUT2D eigenvalue weighted by Crippen LogP contribution is -2.42. The van der Waals surface area contributed by atoms with Gasteiger partial charge in [0.1, 0.15) is 11.4 Å². The van der Waals surface area contributed by atoms with Crippen molar-refractivity contribution in [2.24, 2.45) is 5.92 Å². The molecule has 0 radical (unpaired) electrons. The lowest BCUT2D eigenvalue weighted by Gasteiger charge is -2.33. The van der Waals surface area contributed by atoms with Crippen molar-refractivity contribution in [3.63, 3.8) is 0 Å². The Morgan fingerprint density at radius 2 is 2.17 bits per heavy atom. The number of aromatic amines is 1. The fourth-order valence-corrected chi connectivity index (χ4v) is 3.88. The SMILES string of the molecule is CC1CCCN(CCN(Cc2cc([NH3+])ccc2Cl)C(=O)c2cc(C(F)(F)F)[nH]n2)C1. The lowest BCUT2D eigenvalue weighted by molar-refractivity contribution is -0.254. The molecule has 0 spiro atoms. The molecule has 2 heterocycles. The predicted octanol–water partition coefficient (Wildman–Crippen LogP) is 3.33. The van der Waals surface area contributed by atoms with E-state index in [0.717, 1.165) is 31.3 Å². The maximum absolute atomic E-state index is 13.0. The zero-order valence-corrected chi connectivity index (χ0v) is 17.6. The summed E-state index contributed by atoms with van der Waals surface area (Å²) in [7, 11) is 0. The summed E-state index contributed by atoms with van der Waals surface area (Å²) in [6.07, 6.45) is -2.32. The Bertz CT molecular complexity index is 886. The van der Waals surface area contributed by atoms with Gasteiger partial charge in [0, 0.05) is 49.4 Å². The maximum Gasteiger partial charge on any atom is 0.432 e. The summed E-state index contributed by atoms with van der Waals surface area (Å²) in [6.45, 7) is 5.24. The number of carbonyl (C=O) groups is 1. The van der Waals surface area contributed by atoms with E-state index < -0.39 is 17.8 Å². The van der Waals surface area contributed by atoms with Crippen LogP contribution >= 0.6 is 11.6 Å². The highest BCUT2D eigenvalue weighted by atomic mass is 35.5. The number of amides is 1. The summed E-state index contributed by atoms with van der Waals surface area (Å²) < 4.78 is 38.7. The van der Waals surface area contributed by atoms with E-state index in [2.05, 4.69) is 22.7 Å². The molecule has 1 aromatic carbocycles. The van der Waals surface area contributed by atoms with E-state index in [1.54, 1.807) is 18.2 Å². The van der Waals surface area contributed by atoms with E-state index in [1.165, 1.54) is 11.3 Å². The minimum Gasteiger partial charge on any atom is -0.332 e. The fraction of sp³-hybridized carbons (Fsp3) is 0.500. The number of hydrogen-bond acceptors (Lipinski definition) is 3. The number of carbonyl (C=O) groups excluding carboxylic acids is 1. The van der Waals surface area contributed by atoms with Crippen LogP contribution in [-0.2, 0) is 12.7 Å². The van der Waals surface area contributed by atoms with Crippen molar-refractivity contribution in [2.45, 2.75) is 32.5 Å². The van der Waals surface area contributed by atoms with E-state index in [4.69, 9.17) is 11.6 Å². The molecule has 0 saturated carbocycles. The molecule has 1 aliphatic rings. The summed E-state index contributed by atoms with van der Waals surface area (Å²) in [6, 6.07) is 5.98. The van der Waals surface area contributed by atoms with Crippen molar-refractivity contribution in [3.8, 4) is 0 Å². The second-order valence-electron chi connectivity index (χ2n) is 7.87. The van der Waals surface area contributed by atoms with Gasteiger partial charge < -0.3 is 15.5 Å². The van der Waals surface area contributed by atoms with Gasteiger partial charge in [-0.1, -0.05) is 18.5 Å². The van der Waals surface area contributed by atoms with Gasteiger partial charge in [-0.25, -0.2) is 0 Å². The Labute approximate surface area is 178 Å². The first kappa shape index (κ1) is 22.6. The molecule has 30 heavy (non-hydrogen) atoms. The molecule has 1 aromatic heterocycles. The summed E-state index contributed by atoms with van der Waals surface area (Å²) in [5.41, 5.74) is 4.00. The minimum atomic E-state index is -4.59. The first-order valence-corrected chi connectivity index (χ1v) is 10.3. The van der Waals surface area contributed by atoms with Crippen LogP contribution in [0.15, 0.2) is 24.3 Å². The highest BCUT2D eigenvalue weighted by Crippen LogP contribution is 2.28. The highest BCUT2D eigenvalue weighted by molar-refractivity contribution is 6.31. The first-order valence-electron chi connectivity index (χ1n) is 9.88. The smallest absolute Gasteiger partial charge is 0.332 e. The van der Waals surface area contributed by atoms with Crippen LogP contribution in [0.3, 0.4) is 0 Å². The molecule has 6 nitrogen and oxygen atoms in total. The van der Waals surface area contributed by atoms with E-state index >= 15 is 0 Å². The molecule has 1 saturated heterocycles. The van der Waals surface area contributed by atoms with Crippen LogP contribution in [0.5, 0.6) is 0 Å². The van der Waals surface area contributed by atoms with Crippen LogP contribution in [0.25, 0.3) is 0 Å². The molecule has 4 N–H and O–H groups in total. The number of quaternary nitrogens is 1. The van der Waals surface area contributed by atoms with Crippen molar-refractivity contribution in [3.05, 3.63) is 46.2 Å². The van der Waals surface area contributed by atoms with Crippen LogP contribution in [0.1, 0.15) is 41.5 Å². The number of rotatable bonds is 6. The quantitative estimate of drug-likeness (QED) is 0.717. The lowest BCUT2D eigenvalue weighted by atomic mass is 10.0. The zero-order valence-electron chi connectivity index (χ0n) is 16.8. The number of H-pyrrole nitrogens is 1. The summed E-state index contributed by atoms with van der Waals surface area (Å²) in [5, 5.41) is 5.98. The molecule has 1 unspecified atom stereocenters. The zero-order chi connectivity index (χ0) is 21.9. The molecule has 0 aliphatic carbocycles. The number of hydrogen-bond donors (Lipinski definition) is 2. The summed E-state index contributed by atoms with van der Waals surface area (Å²) in [4.78, 5) is 16.8. The Morgan fingerprint density at radius 3 is 2.83 bits per heavy atom. The third-order valence-corrected chi connectivity index (χ3v) is 5.66. The number of nitrogens with zero attached hydrogens (tertiary/aromatic N) is 3. The standard InChI is InChI=1S/C20H25ClF3N5O/c1-13-3-2-6-28(11-13)7-8-29(12-14-9-15(25)4-5-16(14)21)19(30)17-10-18(27-26-17)20(22,23)24/h4-5,9-10,13H,2-3,6-8,11-12,25H2,1H3,(H,26,27)/p+1. The average molecular weight is 445 g/mol. The van der Waals surface area contributed by atoms with Crippen LogP contribution in [0, 0.1) is 5.92 Å². The van der Waals surface area contributed by atoms with Crippen LogP contribution in [0.2, 0.25) is 5.02 Å². The van der Waals surface area contributed by atoms with Crippen molar-refractivity contribution < 1.29 is 23.7 Å². The van der Waals surface area contributed by atoms with Gasteiger partial charge in [0.05, 0.1) is 0 Å². The molecule has 1 aliphatic heterocycles. The second-order valence-corrected chi connectivity index (χ2v) is 8.27.